The van der Waals surface area contributed by atoms with Crippen molar-refractivity contribution in [2.75, 3.05) is 19.4 Å². The van der Waals surface area contributed by atoms with Crippen LogP contribution in [-0.4, -0.2) is 73.6 Å². The van der Waals surface area contributed by atoms with Gasteiger partial charge in [-0.1, -0.05) is 18.7 Å². The molecule has 30 heavy (non-hydrogen) atoms. The molecule has 0 aromatic carbocycles. The first kappa shape index (κ1) is 24.3. The highest BCUT2D eigenvalue weighted by molar-refractivity contribution is 8.07. The van der Waals surface area contributed by atoms with Gasteiger partial charge in [0.15, 0.2) is 10.8 Å². The predicted molar refractivity (Wildman–Crippen MR) is 120 cm³/mol. The van der Waals surface area contributed by atoms with E-state index in [0.29, 0.717) is 0 Å². The number of hydrogen-bond donors (Lipinski definition) is 3. The number of aliphatic carboxylic acids is 1. The first-order chi connectivity index (χ1) is 13.7. The summed E-state index contributed by atoms with van der Waals surface area (Å²) in [4.78, 5) is 47.5. The number of oxime groups is 1. The number of thiazole rings is 1. The van der Waals surface area contributed by atoms with Crippen molar-refractivity contribution < 1.29 is 24.3 Å². The van der Waals surface area contributed by atoms with E-state index < -0.39 is 22.7 Å². The van der Waals surface area contributed by atoms with Crippen molar-refractivity contribution in [3.63, 3.8) is 0 Å². The van der Waals surface area contributed by atoms with Crippen LogP contribution in [0.25, 0.3) is 0 Å². The Balaban J connectivity index is 0.00000320. The van der Waals surface area contributed by atoms with Gasteiger partial charge in [0.1, 0.15) is 29.0 Å². The molecule has 2 fully saturated rings. The molecule has 2 aliphatic rings. The maximum atomic E-state index is 12.7. The van der Waals surface area contributed by atoms with Gasteiger partial charge in [-0.25, -0.2) is 4.98 Å². The Kier molecular flexibility index (Phi) is 7.66. The number of rotatable bonds is 7. The van der Waals surface area contributed by atoms with Gasteiger partial charge in [-0.2, -0.15) is 0 Å². The van der Waals surface area contributed by atoms with Crippen LogP contribution >= 0.6 is 47.3 Å². The van der Waals surface area contributed by atoms with E-state index in [2.05, 4.69) is 22.0 Å². The minimum Gasteiger partial charge on any atom is -0.480 e. The zero-order valence-electron chi connectivity index (χ0n) is 15.9. The number of nitrogens with two attached hydrogens (primary N) is 1. The van der Waals surface area contributed by atoms with Gasteiger partial charge in [0.25, 0.3) is 5.91 Å². The fraction of sp³-hybridized carbons (Fsp3) is 0.438. The molecule has 10 nitrogen and oxygen atoms in total. The Morgan fingerprint density at radius 1 is 1.60 bits per heavy atom. The van der Waals surface area contributed by atoms with Gasteiger partial charge in [-0.05, 0) is 5.41 Å². The third kappa shape index (κ3) is 4.11. The summed E-state index contributed by atoms with van der Waals surface area (Å²) in [5.74, 6) is -1.98. The van der Waals surface area contributed by atoms with E-state index in [1.165, 1.54) is 29.2 Å². The van der Waals surface area contributed by atoms with E-state index in [9.17, 15) is 19.5 Å². The fourth-order valence-corrected chi connectivity index (χ4v) is 6.32. The summed E-state index contributed by atoms with van der Waals surface area (Å²) in [5, 5.41) is 18.7. The van der Waals surface area contributed by atoms with Crippen LogP contribution in [0.4, 0.5) is 5.13 Å². The molecule has 164 valence electrons. The van der Waals surface area contributed by atoms with Gasteiger partial charge in [0, 0.05) is 17.2 Å². The second-order valence-electron chi connectivity index (χ2n) is 6.26. The molecule has 2 amide bonds. The third-order valence-corrected chi connectivity index (χ3v) is 8.34. The molecule has 3 heterocycles. The average molecular weight is 494 g/mol. The number of halogens is 1. The standard InChI is InChI=1S/C16H19N5O5S3.ClH/c1-4-28-16(14(24)25)6-21-12(23)10(13(21)29-7(16)2)19-11(22)9(20-26-3)8-5-27-15(17)18-8;/h4-5,7,10,13H,1,6H2,2-3H3,(H2,17,18)(H,19,22)(H,24,25);1H/t7?,10?,13-,16?;/m1./s1. The molecule has 0 saturated carbocycles. The molecule has 1 aromatic rings. The highest BCUT2D eigenvalue weighted by Crippen LogP contribution is 2.48. The minimum atomic E-state index is -1.19. The molecule has 0 aliphatic carbocycles. The summed E-state index contributed by atoms with van der Waals surface area (Å²) in [6, 6.07) is -0.798. The zero-order chi connectivity index (χ0) is 21.3. The number of carboxylic acid groups (broad SMARTS) is 1. The Bertz CT molecular complexity index is 896. The van der Waals surface area contributed by atoms with Crippen LogP contribution in [0.15, 0.2) is 22.5 Å². The van der Waals surface area contributed by atoms with Crippen molar-refractivity contribution in [3.05, 3.63) is 23.1 Å². The third-order valence-electron chi connectivity index (χ3n) is 4.65. The molecule has 3 rings (SSSR count). The normalized spacial score (nSPS) is 27.9. The van der Waals surface area contributed by atoms with E-state index in [-0.39, 0.29) is 52.0 Å². The van der Waals surface area contributed by atoms with Gasteiger partial charge in [0.2, 0.25) is 5.91 Å². The van der Waals surface area contributed by atoms with Gasteiger partial charge >= 0.3 is 5.97 Å². The summed E-state index contributed by atoms with van der Waals surface area (Å²) in [5.41, 5.74) is 5.76. The van der Waals surface area contributed by atoms with Crippen molar-refractivity contribution in [1.82, 2.24) is 15.2 Å². The number of nitrogens with zero attached hydrogens (tertiary/aromatic N) is 3. The number of thioether (sulfide) groups is 2. The van der Waals surface area contributed by atoms with Crippen molar-refractivity contribution in [3.8, 4) is 0 Å². The monoisotopic (exact) mass is 493 g/mol. The molecular weight excluding hydrogens is 474 g/mol. The highest BCUT2D eigenvalue weighted by atomic mass is 35.5. The number of carboxylic acids is 1. The van der Waals surface area contributed by atoms with Crippen molar-refractivity contribution in [2.45, 2.75) is 28.3 Å². The SMILES string of the molecule is C=CSC1(C(=O)O)CN2C(=O)C(NC(=O)C(=NOC)c3csc(N)n3)[C@H]2SC1C.Cl. The second-order valence-corrected chi connectivity index (χ2v) is 9.91. The van der Waals surface area contributed by atoms with Crippen LogP contribution in [-0.2, 0) is 19.2 Å². The van der Waals surface area contributed by atoms with Crippen LogP contribution < -0.4 is 11.1 Å². The number of β-lactam (4-membered cyclic amide) rings is 1. The van der Waals surface area contributed by atoms with Crippen LogP contribution in [0.2, 0.25) is 0 Å². The Hall–Kier alpha value is -1.96. The number of anilines is 1. The van der Waals surface area contributed by atoms with Crippen LogP contribution in [0.5, 0.6) is 0 Å². The maximum absolute atomic E-state index is 12.7. The topological polar surface area (TPSA) is 147 Å². The number of carbonyl (C=O) groups is 3. The summed E-state index contributed by atoms with van der Waals surface area (Å²) in [6.07, 6.45) is 0. The highest BCUT2D eigenvalue weighted by Gasteiger charge is 2.60. The van der Waals surface area contributed by atoms with E-state index >= 15 is 0 Å². The quantitative estimate of drug-likeness (QED) is 0.287. The molecule has 3 unspecified atom stereocenters. The van der Waals surface area contributed by atoms with E-state index in [1.54, 1.807) is 12.3 Å². The van der Waals surface area contributed by atoms with Gasteiger partial charge in [0.05, 0.1) is 0 Å². The Labute approximate surface area is 191 Å². The van der Waals surface area contributed by atoms with E-state index in [1.807, 2.05) is 0 Å². The average Bonchev–Trinajstić information content (AvgIpc) is 3.11. The lowest BCUT2D eigenvalue weighted by atomic mass is 9.98. The number of fused-ring (bicyclic) bond motifs is 1. The van der Waals surface area contributed by atoms with Crippen molar-refractivity contribution >= 4 is 75.9 Å². The van der Waals surface area contributed by atoms with Crippen LogP contribution in [0.3, 0.4) is 0 Å². The summed E-state index contributed by atoms with van der Waals surface area (Å²) in [6.45, 7) is 5.44. The number of aromatic nitrogens is 1. The molecule has 0 bridgehead atoms. The summed E-state index contributed by atoms with van der Waals surface area (Å²) < 4.78 is -1.19. The zero-order valence-corrected chi connectivity index (χ0v) is 19.2. The molecular formula is C16H20ClN5O5S3. The summed E-state index contributed by atoms with van der Waals surface area (Å²) in [7, 11) is 1.29. The predicted octanol–water partition coefficient (Wildman–Crippen LogP) is 0.986. The molecule has 2 saturated heterocycles. The molecule has 0 spiro atoms. The second kappa shape index (κ2) is 9.45. The number of nitrogens with one attached hydrogen (secondary N) is 1. The lowest BCUT2D eigenvalue weighted by Gasteiger charge is -2.55. The Morgan fingerprint density at radius 2 is 2.30 bits per heavy atom. The first-order valence-corrected chi connectivity index (χ1v) is 11.1. The molecule has 4 N–H and O–H groups in total. The smallest absolute Gasteiger partial charge is 0.323 e. The maximum Gasteiger partial charge on any atom is 0.323 e. The van der Waals surface area contributed by atoms with Crippen LogP contribution in [0.1, 0.15) is 12.6 Å². The number of nitrogen functional groups attached to an aromatic ring is 1. The van der Waals surface area contributed by atoms with Crippen molar-refractivity contribution in [2.24, 2.45) is 5.16 Å². The molecule has 14 heteroatoms. The van der Waals surface area contributed by atoms with E-state index in [4.69, 9.17) is 10.6 Å². The number of hydrogen-bond acceptors (Lipinski definition) is 10. The lowest BCUT2D eigenvalue weighted by Crippen LogP contribution is -2.76. The molecule has 1 aromatic heterocycles. The minimum absolute atomic E-state index is 0. The van der Waals surface area contributed by atoms with Crippen molar-refractivity contribution in [1.29, 1.82) is 0 Å². The molecule has 2 aliphatic heterocycles. The summed E-state index contributed by atoms with van der Waals surface area (Å²) >= 11 is 3.56. The lowest BCUT2D eigenvalue weighted by molar-refractivity contribution is -0.152. The largest absolute Gasteiger partial charge is 0.480 e. The molecule has 4 atom stereocenters. The number of amides is 2. The Morgan fingerprint density at radius 3 is 2.83 bits per heavy atom. The van der Waals surface area contributed by atoms with Gasteiger partial charge < -0.3 is 25.9 Å². The van der Waals surface area contributed by atoms with Gasteiger partial charge in [-0.15, -0.1) is 47.3 Å². The fourth-order valence-electron chi connectivity index (χ4n) is 3.15. The first-order valence-electron chi connectivity index (χ1n) is 8.36. The molecule has 0 radical (unpaired) electrons. The van der Waals surface area contributed by atoms with E-state index in [0.717, 1.165) is 23.1 Å². The van der Waals surface area contributed by atoms with Crippen LogP contribution in [0, 0.1) is 0 Å². The number of carbonyl (C=O) groups excluding carboxylic acids is 2. The van der Waals surface area contributed by atoms with Gasteiger partial charge in [-0.3, -0.25) is 14.4 Å².